The van der Waals surface area contributed by atoms with Crippen LogP contribution in [0.15, 0.2) is 25.0 Å². The molecule has 0 aliphatic carbocycles. The van der Waals surface area contributed by atoms with Gasteiger partial charge >= 0.3 is 0 Å². The van der Waals surface area contributed by atoms with Crippen LogP contribution in [0.1, 0.15) is 5.82 Å². The number of hydrogen-bond donors (Lipinski definition) is 1. The summed E-state index contributed by atoms with van der Waals surface area (Å²) in [5.74, 6) is 0.666. The molecule has 1 heterocycles. The third-order valence-electron chi connectivity index (χ3n) is 1.49. The van der Waals surface area contributed by atoms with Gasteiger partial charge in [-0.2, -0.15) is 0 Å². The summed E-state index contributed by atoms with van der Waals surface area (Å²) in [6.45, 7) is 3.87. The van der Waals surface area contributed by atoms with Crippen LogP contribution in [-0.4, -0.2) is 27.8 Å². The van der Waals surface area contributed by atoms with E-state index in [9.17, 15) is 4.79 Å². The average molecular weight is 165 g/mol. The molecule has 1 aromatic rings. The van der Waals surface area contributed by atoms with Gasteiger partial charge in [0.25, 0.3) is 0 Å². The van der Waals surface area contributed by atoms with Crippen LogP contribution < -0.4 is 0 Å². The van der Waals surface area contributed by atoms with Gasteiger partial charge < -0.3 is 9.88 Å². The first-order chi connectivity index (χ1) is 5.74. The molecule has 0 aliphatic heterocycles. The molecule has 1 N–H and O–H groups in total. The molecule has 0 radical (unpaired) electrons. The third kappa shape index (κ3) is 1.95. The quantitative estimate of drug-likeness (QED) is 0.665. The standard InChI is InChI=1S/C8H11N3O/c1-3-8(12)11(2)6-7-9-4-5-10-7/h3-5H,1,6H2,2H3,(H,9,10). The molecule has 0 saturated heterocycles. The van der Waals surface area contributed by atoms with Crippen LogP contribution in [0.25, 0.3) is 0 Å². The van der Waals surface area contributed by atoms with Crippen molar-refractivity contribution in [2.24, 2.45) is 0 Å². The second-order valence-electron chi connectivity index (χ2n) is 2.43. The van der Waals surface area contributed by atoms with Crippen LogP contribution in [0.2, 0.25) is 0 Å². The molecule has 4 nitrogen and oxygen atoms in total. The van der Waals surface area contributed by atoms with Crippen molar-refractivity contribution in [2.75, 3.05) is 7.05 Å². The number of imidazole rings is 1. The van der Waals surface area contributed by atoms with Crippen molar-refractivity contribution < 1.29 is 4.79 Å². The maximum atomic E-state index is 11.0. The second-order valence-corrected chi connectivity index (χ2v) is 2.43. The van der Waals surface area contributed by atoms with E-state index in [-0.39, 0.29) is 5.91 Å². The Morgan fingerprint density at radius 3 is 3.17 bits per heavy atom. The van der Waals surface area contributed by atoms with E-state index in [1.165, 1.54) is 11.0 Å². The Morgan fingerprint density at radius 2 is 2.67 bits per heavy atom. The molecule has 0 fully saturated rings. The Balaban J connectivity index is 2.52. The normalized spacial score (nSPS) is 9.42. The summed E-state index contributed by atoms with van der Waals surface area (Å²) in [7, 11) is 1.70. The maximum absolute atomic E-state index is 11.0. The van der Waals surface area contributed by atoms with E-state index in [2.05, 4.69) is 16.5 Å². The van der Waals surface area contributed by atoms with Crippen molar-refractivity contribution in [1.82, 2.24) is 14.9 Å². The summed E-state index contributed by atoms with van der Waals surface area (Å²) in [6.07, 6.45) is 4.66. The van der Waals surface area contributed by atoms with Crippen molar-refractivity contribution in [3.05, 3.63) is 30.9 Å². The molecule has 0 unspecified atom stereocenters. The first-order valence-electron chi connectivity index (χ1n) is 3.60. The number of likely N-dealkylation sites (N-methyl/N-ethyl adjacent to an activating group) is 1. The monoisotopic (exact) mass is 165 g/mol. The van der Waals surface area contributed by atoms with E-state index in [1.54, 1.807) is 19.4 Å². The molecule has 1 aromatic heterocycles. The number of aromatic amines is 1. The lowest BCUT2D eigenvalue weighted by molar-refractivity contribution is -0.125. The number of carbonyl (C=O) groups excluding carboxylic acids is 1. The minimum absolute atomic E-state index is 0.105. The van der Waals surface area contributed by atoms with Crippen molar-refractivity contribution >= 4 is 5.91 Å². The van der Waals surface area contributed by atoms with Crippen LogP contribution in [0.4, 0.5) is 0 Å². The number of H-pyrrole nitrogens is 1. The molecular formula is C8H11N3O. The summed E-state index contributed by atoms with van der Waals surface area (Å²) < 4.78 is 0. The van der Waals surface area contributed by atoms with Crippen molar-refractivity contribution in [3.8, 4) is 0 Å². The Kier molecular flexibility index (Phi) is 2.63. The fourth-order valence-electron chi connectivity index (χ4n) is 0.843. The number of aromatic nitrogens is 2. The van der Waals surface area contributed by atoms with Crippen LogP contribution in [0.5, 0.6) is 0 Å². The lowest BCUT2D eigenvalue weighted by Gasteiger charge is -2.12. The van der Waals surface area contributed by atoms with Crippen molar-refractivity contribution in [3.63, 3.8) is 0 Å². The van der Waals surface area contributed by atoms with Crippen molar-refractivity contribution in [2.45, 2.75) is 6.54 Å². The van der Waals surface area contributed by atoms with Gasteiger partial charge in [0, 0.05) is 19.4 Å². The van der Waals surface area contributed by atoms with Gasteiger partial charge in [-0.3, -0.25) is 4.79 Å². The van der Waals surface area contributed by atoms with E-state index in [0.29, 0.717) is 6.54 Å². The molecule has 0 atom stereocenters. The molecule has 0 aliphatic rings. The summed E-state index contributed by atoms with van der Waals surface area (Å²) in [6, 6.07) is 0. The highest BCUT2D eigenvalue weighted by molar-refractivity contribution is 5.86. The molecule has 4 heteroatoms. The third-order valence-corrected chi connectivity index (χ3v) is 1.49. The molecular weight excluding hydrogens is 154 g/mol. The van der Waals surface area contributed by atoms with Gasteiger partial charge in [-0.05, 0) is 6.08 Å². The summed E-state index contributed by atoms with van der Waals surface area (Å²) in [4.78, 5) is 19.4. The van der Waals surface area contributed by atoms with Crippen LogP contribution in [0.3, 0.4) is 0 Å². The van der Waals surface area contributed by atoms with Crippen LogP contribution >= 0.6 is 0 Å². The molecule has 64 valence electrons. The van der Waals surface area contributed by atoms with Gasteiger partial charge in [-0.15, -0.1) is 0 Å². The Hall–Kier alpha value is -1.58. The molecule has 0 saturated carbocycles. The summed E-state index contributed by atoms with van der Waals surface area (Å²) in [5, 5.41) is 0. The number of hydrogen-bond acceptors (Lipinski definition) is 2. The average Bonchev–Trinajstić information content (AvgIpc) is 2.55. The highest BCUT2D eigenvalue weighted by Crippen LogP contribution is 1.95. The van der Waals surface area contributed by atoms with Gasteiger partial charge in [-0.1, -0.05) is 6.58 Å². The SMILES string of the molecule is C=CC(=O)N(C)Cc1ncc[nH]1. The zero-order valence-corrected chi connectivity index (χ0v) is 6.95. The van der Waals surface area contributed by atoms with E-state index in [1.807, 2.05) is 0 Å². The lowest BCUT2D eigenvalue weighted by atomic mass is 10.4. The van der Waals surface area contributed by atoms with Crippen molar-refractivity contribution in [1.29, 1.82) is 0 Å². The fraction of sp³-hybridized carbons (Fsp3) is 0.250. The maximum Gasteiger partial charge on any atom is 0.246 e. The van der Waals surface area contributed by atoms with E-state index >= 15 is 0 Å². The van der Waals surface area contributed by atoms with Gasteiger partial charge in [0.2, 0.25) is 5.91 Å². The largest absolute Gasteiger partial charge is 0.347 e. The summed E-state index contributed by atoms with van der Waals surface area (Å²) >= 11 is 0. The van der Waals surface area contributed by atoms with Gasteiger partial charge in [0.05, 0.1) is 6.54 Å². The Labute approximate surface area is 70.9 Å². The van der Waals surface area contributed by atoms with Gasteiger partial charge in [0.15, 0.2) is 0 Å². The first kappa shape index (κ1) is 8.52. The Bertz CT molecular complexity index is 266. The van der Waals surface area contributed by atoms with Gasteiger partial charge in [0.1, 0.15) is 5.82 Å². The molecule has 0 aromatic carbocycles. The number of carbonyl (C=O) groups is 1. The number of amides is 1. The van der Waals surface area contributed by atoms with E-state index in [0.717, 1.165) is 5.82 Å². The fourth-order valence-corrected chi connectivity index (χ4v) is 0.843. The smallest absolute Gasteiger partial charge is 0.246 e. The molecule has 0 spiro atoms. The minimum atomic E-state index is -0.105. The van der Waals surface area contributed by atoms with Crippen LogP contribution in [-0.2, 0) is 11.3 Å². The predicted molar refractivity (Wildman–Crippen MR) is 45.3 cm³/mol. The molecule has 1 rings (SSSR count). The highest BCUT2D eigenvalue weighted by Gasteiger charge is 2.05. The second kappa shape index (κ2) is 3.71. The van der Waals surface area contributed by atoms with E-state index < -0.39 is 0 Å². The minimum Gasteiger partial charge on any atom is -0.347 e. The Morgan fingerprint density at radius 1 is 1.92 bits per heavy atom. The highest BCUT2D eigenvalue weighted by atomic mass is 16.2. The number of nitrogens with zero attached hydrogens (tertiary/aromatic N) is 2. The molecule has 12 heavy (non-hydrogen) atoms. The zero-order valence-electron chi connectivity index (χ0n) is 6.95. The van der Waals surface area contributed by atoms with Gasteiger partial charge in [-0.25, -0.2) is 4.98 Å². The van der Waals surface area contributed by atoms with E-state index in [4.69, 9.17) is 0 Å². The summed E-state index contributed by atoms with van der Waals surface area (Å²) in [5.41, 5.74) is 0. The van der Waals surface area contributed by atoms with Crippen LogP contribution in [0, 0.1) is 0 Å². The molecule has 1 amide bonds. The number of rotatable bonds is 3. The topological polar surface area (TPSA) is 49.0 Å². The number of nitrogens with one attached hydrogen (secondary N) is 1. The zero-order chi connectivity index (χ0) is 8.97. The predicted octanol–water partition coefficient (Wildman–Crippen LogP) is 0.554. The lowest BCUT2D eigenvalue weighted by Crippen LogP contribution is -2.24. The molecule has 0 bridgehead atoms. The first-order valence-corrected chi connectivity index (χ1v) is 3.60.